The van der Waals surface area contributed by atoms with Gasteiger partial charge in [-0.1, -0.05) is 0 Å². The van der Waals surface area contributed by atoms with Crippen LogP contribution < -0.4 is 5.73 Å². The highest BCUT2D eigenvalue weighted by molar-refractivity contribution is 5.76. The first-order valence-corrected chi connectivity index (χ1v) is 4.33. The molecular weight excluding hydrogens is 174 g/mol. The second-order valence-electron chi connectivity index (χ2n) is 3.19. The molecule has 1 fully saturated rings. The lowest BCUT2D eigenvalue weighted by molar-refractivity contribution is -0.153. The van der Waals surface area contributed by atoms with Gasteiger partial charge in [-0.25, -0.2) is 0 Å². The first kappa shape index (κ1) is 10.4. The van der Waals surface area contributed by atoms with Gasteiger partial charge in [0.1, 0.15) is 12.1 Å². The number of carbonyl (C=O) groups is 1. The van der Waals surface area contributed by atoms with E-state index in [4.69, 9.17) is 20.3 Å². The Labute approximate surface area is 76.8 Å². The number of aliphatic hydroxyl groups excluding tert-OH is 1. The van der Waals surface area contributed by atoms with E-state index in [0.717, 1.165) is 0 Å². The predicted molar refractivity (Wildman–Crippen MR) is 45.0 cm³/mol. The van der Waals surface area contributed by atoms with Gasteiger partial charge in [0.15, 0.2) is 0 Å². The van der Waals surface area contributed by atoms with Gasteiger partial charge >= 0.3 is 5.97 Å². The van der Waals surface area contributed by atoms with Crippen LogP contribution in [0, 0.1) is 0 Å². The van der Waals surface area contributed by atoms with Gasteiger partial charge < -0.3 is 20.3 Å². The largest absolute Gasteiger partial charge is 0.459 e. The van der Waals surface area contributed by atoms with Gasteiger partial charge in [0.05, 0.1) is 19.3 Å². The van der Waals surface area contributed by atoms with Crippen LogP contribution in [0.15, 0.2) is 0 Å². The van der Waals surface area contributed by atoms with Crippen molar-refractivity contribution in [1.82, 2.24) is 0 Å². The highest BCUT2D eigenvalue weighted by atomic mass is 16.6. The summed E-state index contributed by atoms with van der Waals surface area (Å²) in [6.45, 7) is 2.50. The van der Waals surface area contributed by atoms with Crippen molar-refractivity contribution in [3.63, 3.8) is 0 Å². The third-order valence-electron chi connectivity index (χ3n) is 1.96. The third kappa shape index (κ3) is 2.95. The Bertz CT molecular complexity index is 177. The average Bonchev–Trinajstić information content (AvgIpc) is 2.55. The Morgan fingerprint density at radius 3 is 2.92 bits per heavy atom. The van der Waals surface area contributed by atoms with Crippen molar-refractivity contribution in [3.05, 3.63) is 0 Å². The van der Waals surface area contributed by atoms with Crippen LogP contribution in [0.3, 0.4) is 0 Å². The molecule has 0 spiro atoms. The number of nitrogens with two attached hydrogens (primary N) is 1. The summed E-state index contributed by atoms with van der Waals surface area (Å²) >= 11 is 0. The molecule has 0 aromatic rings. The van der Waals surface area contributed by atoms with Crippen LogP contribution in [0.2, 0.25) is 0 Å². The third-order valence-corrected chi connectivity index (χ3v) is 1.96. The first-order valence-electron chi connectivity index (χ1n) is 4.33. The molecule has 1 aliphatic heterocycles. The van der Waals surface area contributed by atoms with Crippen molar-refractivity contribution in [2.45, 2.75) is 31.6 Å². The van der Waals surface area contributed by atoms with Crippen LogP contribution >= 0.6 is 0 Å². The van der Waals surface area contributed by atoms with Crippen LogP contribution in [0.25, 0.3) is 0 Å². The fourth-order valence-corrected chi connectivity index (χ4v) is 1.05. The molecule has 13 heavy (non-hydrogen) atoms. The minimum atomic E-state index is -0.958. The smallest absolute Gasteiger partial charge is 0.325 e. The fraction of sp³-hybridized carbons (Fsp3) is 0.875. The molecule has 3 atom stereocenters. The van der Waals surface area contributed by atoms with Crippen LogP contribution in [0.4, 0.5) is 0 Å². The second kappa shape index (κ2) is 4.55. The highest BCUT2D eigenvalue weighted by Gasteiger charge is 2.25. The van der Waals surface area contributed by atoms with Crippen molar-refractivity contribution in [1.29, 1.82) is 0 Å². The fourth-order valence-electron chi connectivity index (χ4n) is 1.05. The van der Waals surface area contributed by atoms with Crippen molar-refractivity contribution >= 4 is 5.97 Å². The van der Waals surface area contributed by atoms with Crippen molar-refractivity contribution < 1.29 is 19.4 Å². The minimum absolute atomic E-state index is 0.197. The maximum absolute atomic E-state index is 11.2. The van der Waals surface area contributed by atoms with Crippen molar-refractivity contribution in [2.24, 2.45) is 5.73 Å². The number of esters is 1. The van der Waals surface area contributed by atoms with Crippen LogP contribution in [0.5, 0.6) is 0 Å². The number of rotatable bonds is 3. The molecule has 0 aromatic heterocycles. The molecule has 5 nitrogen and oxygen atoms in total. The monoisotopic (exact) mass is 189 g/mol. The van der Waals surface area contributed by atoms with Crippen LogP contribution in [-0.4, -0.2) is 42.5 Å². The van der Waals surface area contributed by atoms with Gasteiger partial charge in [-0.15, -0.1) is 0 Å². The number of hydrogen-bond acceptors (Lipinski definition) is 5. The Morgan fingerprint density at radius 1 is 1.77 bits per heavy atom. The summed E-state index contributed by atoms with van der Waals surface area (Å²) in [5, 5.41) is 9.01. The molecule has 5 heteroatoms. The first-order chi connectivity index (χ1) is 6.11. The van der Waals surface area contributed by atoms with Gasteiger partial charge in [-0.3, -0.25) is 4.79 Å². The minimum Gasteiger partial charge on any atom is -0.459 e. The number of carbonyl (C=O) groups excluding carboxylic acids is 1. The Morgan fingerprint density at radius 2 is 2.46 bits per heavy atom. The molecule has 0 unspecified atom stereocenters. The summed E-state index contributed by atoms with van der Waals surface area (Å²) in [6, 6.07) is -0.958. The summed E-state index contributed by atoms with van der Waals surface area (Å²) in [5.74, 6) is -0.564. The molecule has 0 saturated carbocycles. The summed E-state index contributed by atoms with van der Waals surface area (Å²) in [7, 11) is 0. The standard InChI is InChI=1S/C8H15NO4/c1-5(10)7(9)8(11)13-6-2-3-12-4-6/h5-7,10H,2-4,9H2,1H3/t5-,6+,7-/m0/s1. The maximum atomic E-state index is 11.2. The van der Waals surface area contributed by atoms with E-state index in [1.807, 2.05) is 0 Å². The van der Waals surface area contributed by atoms with Gasteiger partial charge in [-0.05, 0) is 6.92 Å². The van der Waals surface area contributed by atoms with E-state index >= 15 is 0 Å². The molecule has 76 valence electrons. The van der Waals surface area contributed by atoms with E-state index in [1.165, 1.54) is 6.92 Å². The molecule has 3 N–H and O–H groups in total. The lowest BCUT2D eigenvalue weighted by Crippen LogP contribution is -2.42. The van der Waals surface area contributed by atoms with Crippen molar-refractivity contribution in [2.75, 3.05) is 13.2 Å². The summed E-state index contributed by atoms with van der Waals surface area (Å²) in [4.78, 5) is 11.2. The zero-order valence-electron chi connectivity index (χ0n) is 7.60. The van der Waals surface area contributed by atoms with E-state index in [0.29, 0.717) is 19.6 Å². The van der Waals surface area contributed by atoms with E-state index in [-0.39, 0.29) is 6.10 Å². The topological polar surface area (TPSA) is 81.8 Å². The van der Waals surface area contributed by atoms with Gasteiger partial charge in [0, 0.05) is 6.42 Å². The molecular formula is C8H15NO4. The normalized spacial score (nSPS) is 26.8. The number of aliphatic hydroxyl groups is 1. The average molecular weight is 189 g/mol. The SMILES string of the molecule is C[C@H](O)[C@H](N)C(=O)O[C@@H]1CCOC1. The molecule has 0 radical (unpaired) electrons. The van der Waals surface area contributed by atoms with Gasteiger partial charge in [0.25, 0.3) is 0 Å². The predicted octanol–water partition coefficient (Wildman–Crippen LogP) is -0.973. The zero-order chi connectivity index (χ0) is 9.84. The Kier molecular flexibility index (Phi) is 3.65. The molecule has 1 aliphatic rings. The molecule has 1 rings (SSSR count). The summed E-state index contributed by atoms with van der Waals surface area (Å²) in [5.41, 5.74) is 5.37. The van der Waals surface area contributed by atoms with E-state index in [9.17, 15) is 4.79 Å². The second-order valence-corrected chi connectivity index (χ2v) is 3.19. The number of hydrogen-bond donors (Lipinski definition) is 2. The zero-order valence-corrected chi connectivity index (χ0v) is 7.60. The maximum Gasteiger partial charge on any atom is 0.325 e. The van der Waals surface area contributed by atoms with Gasteiger partial charge in [-0.2, -0.15) is 0 Å². The Hall–Kier alpha value is -0.650. The molecule has 1 heterocycles. The van der Waals surface area contributed by atoms with E-state index < -0.39 is 18.1 Å². The van der Waals surface area contributed by atoms with E-state index in [1.54, 1.807) is 0 Å². The molecule has 0 amide bonds. The van der Waals surface area contributed by atoms with Crippen LogP contribution in [0.1, 0.15) is 13.3 Å². The van der Waals surface area contributed by atoms with E-state index in [2.05, 4.69) is 0 Å². The highest BCUT2D eigenvalue weighted by Crippen LogP contribution is 2.09. The van der Waals surface area contributed by atoms with Crippen LogP contribution in [-0.2, 0) is 14.3 Å². The van der Waals surface area contributed by atoms with Gasteiger partial charge in [0.2, 0.25) is 0 Å². The molecule has 0 bridgehead atoms. The molecule has 1 saturated heterocycles. The molecule has 0 aromatic carbocycles. The van der Waals surface area contributed by atoms with Crippen molar-refractivity contribution in [3.8, 4) is 0 Å². The summed E-state index contributed by atoms with van der Waals surface area (Å²) in [6.07, 6.45) is -0.370. The summed E-state index contributed by atoms with van der Waals surface area (Å²) < 4.78 is 10.0. The number of ether oxygens (including phenoxy) is 2. The Balaban J connectivity index is 2.31. The lowest BCUT2D eigenvalue weighted by atomic mass is 10.2. The lowest BCUT2D eigenvalue weighted by Gasteiger charge is -2.16. The quantitative estimate of drug-likeness (QED) is 0.558. The molecule has 0 aliphatic carbocycles.